The Morgan fingerprint density at radius 3 is 1.69 bits per heavy atom. The lowest BCUT2D eigenvalue weighted by molar-refractivity contribution is 0.0606. The maximum atomic E-state index is 5.34. The predicted octanol–water partition coefficient (Wildman–Crippen LogP) is 3.10. The molecule has 1 unspecified atom stereocenters. The van der Waals surface area contributed by atoms with Crippen molar-refractivity contribution in [3.63, 3.8) is 0 Å². The van der Waals surface area contributed by atoms with Crippen LogP contribution >= 0.6 is 0 Å². The molecule has 0 radical (unpaired) electrons. The molecule has 0 aromatic rings. The molecule has 0 fully saturated rings. The molecule has 13 heavy (non-hydrogen) atoms. The van der Waals surface area contributed by atoms with Gasteiger partial charge >= 0.3 is 0 Å². The lowest BCUT2D eigenvalue weighted by atomic mass is 9.88. The lowest BCUT2D eigenvalue weighted by Crippen LogP contribution is -2.26. The lowest BCUT2D eigenvalue weighted by Gasteiger charge is -2.25. The van der Waals surface area contributed by atoms with E-state index in [0.29, 0.717) is 0 Å². The minimum absolute atomic E-state index is 0.0201. The molecule has 0 aliphatic heterocycles. The summed E-state index contributed by atoms with van der Waals surface area (Å²) >= 11 is 0. The highest BCUT2D eigenvalue weighted by atomic mass is 16.5. The maximum absolute atomic E-state index is 5.34. The molecule has 1 nitrogen and oxygen atoms in total. The molecule has 0 aliphatic rings. The standard InChI is InChI=1S/C12H22O/c1-11(2,3)9-8-10(13-7)12(4,5)6/h10H,1-7H3. The predicted molar refractivity (Wildman–Crippen MR) is 57.5 cm³/mol. The number of methoxy groups -OCH3 is 1. The van der Waals surface area contributed by atoms with Gasteiger partial charge in [0.1, 0.15) is 6.10 Å². The third-order valence-electron chi connectivity index (χ3n) is 1.60. The van der Waals surface area contributed by atoms with Crippen molar-refractivity contribution in [3.05, 3.63) is 0 Å². The van der Waals surface area contributed by atoms with Crippen molar-refractivity contribution in [2.24, 2.45) is 10.8 Å². The van der Waals surface area contributed by atoms with Crippen molar-refractivity contribution in [2.75, 3.05) is 7.11 Å². The van der Waals surface area contributed by atoms with Gasteiger partial charge in [0.25, 0.3) is 0 Å². The molecule has 0 aromatic carbocycles. The van der Waals surface area contributed by atoms with Gasteiger partial charge in [0.15, 0.2) is 0 Å². The number of hydrogen-bond donors (Lipinski definition) is 0. The van der Waals surface area contributed by atoms with Gasteiger partial charge in [-0.3, -0.25) is 0 Å². The molecule has 0 saturated carbocycles. The van der Waals surface area contributed by atoms with Crippen LogP contribution in [0.3, 0.4) is 0 Å². The van der Waals surface area contributed by atoms with Crippen molar-refractivity contribution in [1.82, 2.24) is 0 Å². The zero-order valence-corrected chi connectivity index (χ0v) is 9.99. The van der Waals surface area contributed by atoms with Crippen LogP contribution in [0.15, 0.2) is 0 Å². The summed E-state index contributed by atoms with van der Waals surface area (Å²) in [6.45, 7) is 12.7. The van der Waals surface area contributed by atoms with Crippen molar-refractivity contribution in [3.8, 4) is 11.8 Å². The second-order valence-electron chi connectivity index (χ2n) is 5.50. The van der Waals surface area contributed by atoms with E-state index in [1.54, 1.807) is 7.11 Å². The van der Waals surface area contributed by atoms with Crippen molar-refractivity contribution in [1.29, 1.82) is 0 Å². The highest BCUT2D eigenvalue weighted by Crippen LogP contribution is 2.21. The van der Waals surface area contributed by atoms with Crippen molar-refractivity contribution >= 4 is 0 Å². The van der Waals surface area contributed by atoms with Gasteiger partial charge in [0, 0.05) is 12.5 Å². The maximum Gasteiger partial charge on any atom is 0.122 e. The largest absolute Gasteiger partial charge is 0.368 e. The van der Waals surface area contributed by atoms with E-state index in [-0.39, 0.29) is 16.9 Å². The molecule has 0 aliphatic carbocycles. The summed E-state index contributed by atoms with van der Waals surface area (Å²) in [5, 5.41) is 0. The van der Waals surface area contributed by atoms with Gasteiger partial charge in [-0.2, -0.15) is 0 Å². The monoisotopic (exact) mass is 182 g/mol. The molecule has 0 bridgehead atoms. The van der Waals surface area contributed by atoms with E-state index in [1.807, 2.05) is 0 Å². The number of ether oxygens (including phenoxy) is 1. The van der Waals surface area contributed by atoms with Gasteiger partial charge in [0.05, 0.1) is 0 Å². The summed E-state index contributed by atoms with van der Waals surface area (Å²) in [6.07, 6.45) is 0.0201. The Hall–Kier alpha value is -0.480. The first-order chi connectivity index (χ1) is 5.67. The van der Waals surface area contributed by atoms with E-state index >= 15 is 0 Å². The molecule has 0 saturated heterocycles. The zero-order chi connectivity index (χ0) is 10.7. The van der Waals surface area contributed by atoms with Crippen LogP contribution in [0.2, 0.25) is 0 Å². The molecule has 0 spiro atoms. The van der Waals surface area contributed by atoms with Crippen LogP contribution in [0, 0.1) is 22.7 Å². The fourth-order valence-electron chi connectivity index (χ4n) is 0.911. The molecule has 1 atom stereocenters. The molecule has 0 amide bonds. The van der Waals surface area contributed by atoms with Crippen molar-refractivity contribution in [2.45, 2.75) is 47.6 Å². The minimum atomic E-state index is 0.0201. The Bertz CT molecular complexity index is 204. The second-order valence-corrected chi connectivity index (χ2v) is 5.50. The van der Waals surface area contributed by atoms with Crippen LogP contribution < -0.4 is 0 Å². The van der Waals surface area contributed by atoms with Crippen LogP contribution in [-0.2, 0) is 4.74 Å². The minimum Gasteiger partial charge on any atom is -0.368 e. The van der Waals surface area contributed by atoms with Crippen LogP contribution in [0.4, 0.5) is 0 Å². The quantitative estimate of drug-likeness (QED) is 0.566. The Balaban J connectivity index is 4.53. The van der Waals surface area contributed by atoms with E-state index in [4.69, 9.17) is 4.74 Å². The van der Waals surface area contributed by atoms with E-state index in [1.165, 1.54) is 0 Å². The summed E-state index contributed by atoms with van der Waals surface area (Å²) in [5.41, 5.74) is 0.148. The third-order valence-corrected chi connectivity index (χ3v) is 1.60. The zero-order valence-electron chi connectivity index (χ0n) is 9.99. The molecule has 0 N–H and O–H groups in total. The smallest absolute Gasteiger partial charge is 0.122 e. The number of rotatable bonds is 1. The van der Waals surface area contributed by atoms with Crippen molar-refractivity contribution < 1.29 is 4.74 Å². The van der Waals surface area contributed by atoms with E-state index in [0.717, 1.165) is 0 Å². The molecular weight excluding hydrogens is 160 g/mol. The Morgan fingerprint density at radius 1 is 1.00 bits per heavy atom. The first-order valence-corrected chi connectivity index (χ1v) is 4.72. The average Bonchev–Trinajstić information content (AvgIpc) is 1.82. The molecule has 1 heteroatoms. The van der Waals surface area contributed by atoms with Gasteiger partial charge in [-0.1, -0.05) is 32.6 Å². The summed E-state index contributed by atoms with van der Waals surface area (Å²) in [6, 6.07) is 0. The molecule has 0 rings (SSSR count). The van der Waals surface area contributed by atoms with Gasteiger partial charge in [-0.15, -0.1) is 0 Å². The number of hydrogen-bond acceptors (Lipinski definition) is 1. The van der Waals surface area contributed by atoms with Crippen LogP contribution in [0.25, 0.3) is 0 Å². The first kappa shape index (κ1) is 12.5. The average molecular weight is 182 g/mol. The van der Waals surface area contributed by atoms with Crippen LogP contribution in [0.1, 0.15) is 41.5 Å². The van der Waals surface area contributed by atoms with Gasteiger partial charge < -0.3 is 4.74 Å². The second kappa shape index (κ2) is 4.15. The third kappa shape index (κ3) is 5.71. The van der Waals surface area contributed by atoms with Crippen LogP contribution in [-0.4, -0.2) is 13.2 Å². The Kier molecular flexibility index (Phi) is 4.00. The van der Waals surface area contributed by atoms with Gasteiger partial charge in [-0.05, 0) is 26.2 Å². The summed E-state index contributed by atoms with van der Waals surface area (Å²) < 4.78 is 5.34. The molecule has 76 valence electrons. The first-order valence-electron chi connectivity index (χ1n) is 4.72. The van der Waals surface area contributed by atoms with Crippen LogP contribution in [0.5, 0.6) is 0 Å². The fourth-order valence-corrected chi connectivity index (χ4v) is 0.911. The summed E-state index contributed by atoms with van der Waals surface area (Å²) in [4.78, 5) is 0. The molecule has 0 aromatic heterocycles. The molecular formula is C12H22O. The Labute approximate surface area is 82.9 Å². The SMILES string of the molecule is COC(C#CC(C)(C)C)C(C)(C)C. The fraction of sp³-hybridized carbons (Fsp3) is 0.833. The van der Waals surface area contributed by atoms with Gasteiger partial charge in [-0.25, -0.2) is 0 Å². The summed E-state index contributed by atoms with van der Waals surface area (Å²) in [5.74, 6) is 6.38. The molecule has 0 heterocycles. The van der Waals surface area contributed by atoms with E-state index < -0.39 is 0 Å². The summed E-state index contributed by atoms with van der Waals surface area (Å²) in [7, 11) is 1.72. The normalized spacial score (nSPS) is 14.7. The Morgan fingerprint density at radius 2 is 1.46 bits per heavy atom. The highest BCUT2D eigenvalue weighted by Gasteiger charge is 2.22. The van der Waals surface area contributed by atoms with E-state index in [2.05, 4.69) is 53.4 Å². The van der Waals surface area contributed by atoms with E-state index in [9.17, 15) is 0 Å². The van der Waals surface area contributed by atoms with Gasteiger partial charge in [0.2, 0.25) is 0 Å². The topological polar surface area (TPSA) is 9.23 Å². The highest BCUT2D eigenvalue weighted by molar-refractivity contribution is 5.13.